The Kier molecular flexibility index (Phi) is 4.54. The fourth-order valence-electron chi connectivity index (χ4n) is 2.26. The van der Waals surface area contributed by atoms with E-state index in [1.165, 1.54) is 18.4 Å². The zero-order valence-electron chi connectivity index (χ0n) is 10.5. The molecule has 5 nitrogen and oxygen atoms in total. The summed E-state index contributed by atoms with van der Waals surface area (Å²) in [5.41, 5.74) is 0. The van der Waals surface area contributed by atoms with E-state index >= 15 is 0 Å². The van der Waals surface area contributed by atoms with Crippen LogP contribution in [-0.2, 0) is 4.74 Å². The van der Waals surface area contributed by atoms with Crippen LogP contribution >= 0.6 is 11.3 Å². The molecule has 0 saturated carbocycles. The topological polar surface area (TPSA) is 62.7 Å². The van der Waals surface area contributed by atoms with Crippen molar-refractivity contribution >= 4 is 22.4 Å². The fourth-order valence-corrected chi connectivity index (χ4v) is 3.13. The molecular formula is C12H18N2O3S. The third-order valence-corrected chi connectivity index (χ3v) is 4.25. The van der Waals surface area contributed by atoms with Gasteiger partial charge in [-0.3, -0.25) is 0 Å². The molecule has 0 aromatic carbocycles. The third kappa shape index (κ3) is 3.00. The van der Waals surface area contributed by atoms with Gasteiger partial charge in [-0.25, -0.2) is 9.78 Å². The predicted molar refractivity (Wildman–Crippen MR) is 70.1 cm³/mol. The minimum absolute atomic E-state index is 0.240. The van der Waals surface area contributed by atoms with E-state index in [0.717, 1.165) is 37.5 Å². The largest absolute Gasteiger partial charge is 0.465 e. The summed E-state index contributed by atoms with van der Waals surface area (Å²) in [5, 5.41) is 9.86. The number of hydrogen-bond acceptors (Lipinski definition) is 6. The second-order valence-corrected chi connectivity index (χ2v) is 5.47. The molecule has 0 radical (unpaired) electrons. The van der Waals surface area contributed by atoms with Crippen LogP contribution in [-0.4, -0.2) is 42.9 Å². The molecule has 0 bridgehead atoms. The van der Waals surface area contributed by atoms with Gasteiger partial charge in [0, 0.05) is 19.7 Å². The number of methoxy groups -OCH3 is 1. The molecule has 18 heavy (non-hydrogen) atoms. The number of nitrogens with zero attached hydrogens (tertiary/aromatic N) is 2. The van der Waals surface area contributed by atoms with E-state index in [-0.39, 0.29) is 12.6 Å². The molecule has 1 aliphatic heterocycles. The van der Waals surface area contributed by atoms with Crippen molar-refractivity contribution in [3.63, 3.8) is 0 Å². The van der Waals surface area contributed by atoms with E-state index in [1.807, 2.05) is 0 Å². The summed E-state index contributed by atoms with van der Waals surface area (Å²) >= 11 is 1.37. The molecule has 6 heteroatoms. The number of thiazole rings is 1. The molecule has 2 rings (SSSR count). The van der Waals surface area contributed by atoms with Crippen LogP contribution in [0.15, 0.2) is 6.20 Å². The van der Waals surface area contributed by atoms with Crippen molar-refractivity contribution in [2.75, 3.05) is 31.7 Å². The number of ether oxygens (including phenoxy) is 1. The van der Waals surface area contributed by atoms with Gasteiger partial charge in [-0.15, -0.1) is 0 Å². The maximum Gasteiger partial charge on any atom is 0.349 e. The molecule has 100 valence electrons. The van der Waals surface area contributed by atoms with Crippen LogP contribution in [0, 0.1) is 5.92 Å². The first-order valence-corrected chi connectivity index (χ1v) is 6.96. The average molecular weight is 270 g/mol. The molecule has 1 unspecified atom stereocenters. The SMILES string of the molecule is COC(=O)c1cnc(N2CCCC(CCO)C2)s1. The van der Waals surface area contributed by atoms with Gasteiger partial charge >= 0.3 is 5.97 Å². The summed E-state index contributed by atoms with van der Waals surface area (Å²) in [6, 6.07) is 0. The van der Waals surface area contributed by atoms with E-state index in [1.54, 1.807) is 6.20 Å². The highest BCUT2D eigenvalue weighted by molar-refractivity contribution is 7.17. The molecule has 2 heterocycles. The van der Waals surface area contributed by atoms with Crippen LogP contribution in [0.3, 0.4) is 0 Å². The lowest BCUT2D eigenvalue weighted by atomic mass is 9.95. The molecule has 1 aromatic heterocycles. The van der Waals surface area contributed by atoms with Crippen LogP contribution < -0.4 is 4.90 Å². The summed E-state index contributed by atoms with van der Waals surface area (Å²) in [4.78, 5) is 18.4. The Hall–Kier alpha value is -1.14. The zero-order valence-corrected chi connectivity index (χ0v) is 11.3. The van der Waals surface area contributed by atoms with Gasteiger partial charge in [-0.05, 0) is 25.2 Å². The number of aliphatic hydroxyl groups excluding tert-OH is 1. The molecular weight excluding hydrogens is 252 g/mol. The number of rotatable bonds is 4. The van der Waals surface area contributed by atoms with Gasteiger partial charge in [0.2, 0.25) is 0 Å². The summed E-state index contributed by atoms with van der Waals surface area (Å²) in [7, 11) is 1.37. The molecule has 1 fully saturated rings. The van der Waals surface area contributed by atoms with Gasteiger partial charge in [-0.1, -0.05) is 11.3 Å². The van der Waals surface area contributed by atoms with Gasteiger partial charge in [0.15, 0.2) is 5.13 Å². The number of carbonyl (C=O) groups is 1. The Labute approximate surface area is 110 Å². The first-order valence-electron chi connectivity index (χ1n) is 6.14. The van der Waals surface area contributed by atoms with Crippen LogP contribution in [0.5, 0.6) is 0 Å². The van der Waals surface area contributed by atoms with Gasteiger partial charge < -0.3 is 14.7 Å². The highest BCUT2D eigenvalue weighted by atomic mass is 32.1. The summed E-state index contributed by atoms with van der Waals surface area (Å²) in [6.07, 6.45) is 4.68. The minimum atomic E-state index is -0.331. The monoisotopic (exact) mass is 270 g/mol. The highest BCUT2D eigenvalue weighted by Gasteiger charge is 2.22. The summed E-state index contributed by atoms with van der Waals surface area (Å²) in [5.74, 6) is 0.192. The third-order valence-electron chi connectivity index (χ3n) is 3.21. The van der Waals surface area contributed by atoms with Crippen molar-refractivity contribution in [3.05, 3.63) is 11.1 Å². The van der Waals surface area contributed by atoms with E-state index in [9.17, 15) is 4.79 Å². The first kappa shape index (κ1) is 13.3. The smallest absolute Gasteiger partial charge is 0.349 e. The van der Waals surface area contributed by atoms with Crippen molar-refractivity contribution in [1.82, 2.24) is 4.98 Å². The first-order chi connectivity index (χ1) is 8.74. The van der Waals surface area contributed by atoms with E-state index < -0.39 is 0 Å². The highest BCUT2D eigenvalue weighted by Crippen LogP contribution is 2.28. The minimum Gasteiger partial charge on any atom is -0.465 e. The van der Waals surface area contributed by atoms with Crippen molar-refractivity contribution in [2.24, 2.45) is 5.92 Å². The number of aliphatic hydroxyl groups is 1. The molecule has 1 aromatic rings. The fraction of sp³-hybridized carbons (Fsp3) is 0.667. The Morgan fingerprint density at radius 2 is 2.56 bits per heavy atom. The maximum atomic E-state index is 11.4. The summed E-state index contributed by atoms with van der Waals surface area (Å²) in [6.45, 7) is 2.12. The predicted octanol–water partition coefficient (Wildman–Crippen LogP) is 1.53. The van der Waals surface area contributed by atoms with Gasteiger partial charge in [0.25, 0.3) is 0 Å². The van der Waals surface area contributed by atoms with Gasteiger partial charge in [0.05, 0.1) is 13.3 Å². The number of esters is 1. The van der Waals surface area contributed by atoms with Crippen LogP contribution in [0.1, 0.15) is 28.9 Å². The zero-order chi connectivity index (χ0) is 13.0. The van der Waals surface area contributed by atoms with E-state index in [2.05, 4.69) is 14.6 Å². The van der Waals surface area contributed by atoms with Crippen molar-refractivity contribution in [2.45, 2.75) is 19.3 Å². The molecule has 0 aliphatic carbocycles. The van der Waals surface area contributed by atoms with Crippen LogP contribution in [0.4, 0.5) is 5.13 Å². The second-order valence-electron chi connectivity index (χ2n) is 4.47. The Bertz CT molecular complexity index is 406. The molecule has 1 atom stereocenters. The summed E-state index contributed by atoms with van der Waals surface area (Å²) < 4.78 is 4.68. The number of anilines is 1. The van der Waals surface area contributed by atoms with Gasteiger partial charge in [-0.2, -0.15) is 0 Å². The Morgan fingerprint density at radius 3 is 3.28 bits per heavy atom. The average Bonchev–Trinajstić information content (AvgIpc) is 2.88. The molecule has 1 saturated heterocycles. The van der Waals surface area contributed by atoms with Gasteiger partial charge in [0.1, 0.15) is 4.88 Å². The molecule has 1 N–H and O–H groups in total. The standard InChI is InChI=1S/C12H18N2O3S/c1-17-11(16)10-7-13-12(18-10)14-5-2-3-9(8-14)4-6-15/h7,9,15H,2-6,8H2,1H3. The normalized spacial score (nSPS) is 19.9. The number of piperidine rings is 1. The van der Waals surface area contributed by atoms with Crippen LogP contribution in [0.2, 0.25) is 0 Å². The lowest BCUT2D eigenvalue weighted by Crippen LogP contribution is -2.35. The van der Waals surface area contributed by atoms with Crippen molar-refractivity contribution in [3.8, 4) is 0 Å². The lowest BCUT2D eigenvalue weighted by Gasteiger charge is -2.32. The number of hydrogen-bond donors (Lipinski definition) is 1. The second kappa shape index (κ2) is 6.15. The molecule has 0 amide bonds. The van der Waals surface area contributed by atoms with E-state index in [0.29, 0.717) is 10.8 Å². The molecule has 0 spiro atoms. The number of carbonyl (C=O) groups excluding carboxylic acids is 1. The number of aromatic nitrogens is 1. The van der Waals surface area contributed by atoms with Crippen molar-refractivity contribution < 1.29 is 14.6 Å². The quantitative estimate of drug-likeness (QED) is 0.841. The Balaban J connectivity index is 2.02. The van der Waals surface area contributed by atoms with E-state index in [4.69, 9.17) is 5.11 Å². The van der Waals surface area contributed by atoms with Crippen molar-refractivity contribution in [1.29, 1.82) is 0 Å². The van der Waals surface area contributed by atoms with Crippen LogP contribution in [0.25, 0.3) is 0 Å². The molecule has 1 aliphatic rings. The maximum absolute atomic E-state index is 11.4. The Morgan fingerprint density at radius 1 is 1.72 bits per heavy atom. The lowest BCUT2D eigenvalue weighted by molar-refractivity contribution is 0.0606.